The zero-order valence-corrected chi connectivity index (χ0v) is 11.3. The Morgan fingerprint density at radius 3 is 2.31 bits per heavy atom. The van der Waals surface area contributed by atoms with Crippen molar-refractivity contribution in [3.63, 3.8) is 0 Å². The van der Waals surface area contributed by atoms with Crippen LogP contribution in [0.25, 0.3) is 0 Å². The Hall–Kier alpha value is -0.570. The first-order chi connectivity index (χ1) is 7.28. The van der Waals surface area contributed by atoms with Crippen molar-refractivity contribution in [3.05, 3.63) is 0 Å². The maximum absolute atomic E-state index is 11.6. The molecule has 0 aliphatic rings. The van der Waals surface area contributed by atoms with Crippen molar-refractivity contribution in [3.8, 4) is 0 Å². The summed E-state index contributed by atoms with van der Waals surface area (Å²) in [6, 6.07) is 0. The monoisotopic (exact) mass is 229 g/mol. The third kappa shape index (κ3) is 6.83. The summed E-state index contributed by atoms with van der Waals surface area (Å²) in [7, 11) is 0. The fourth-order valence-electron chi connectivity index (χ4n) is 1.33. The Morgan fingerprint density at radius 1 is 1.31 bits per heavy atom. The molecule has 1 amide bonds. The first-order valence-corrected chi connectivity index (χ1v) is 6.16. The maximum Gasteiger partial charge on any atom is 0.220 e. The van der Waals surface area contributed by atoms with E-state index in [2.05, 4.69) is 39.9 Å². The molecule has 2 N–H and O–H groups in total. The van der Waals surface area contributed by atoms with Crippen LogP contribution in [0, 0.1) is 17.3 Å². The highest BCUT2D eigenvalue weighted by Crippen LogP contribution is 2.18. The Labute approximate surface area is 99.6 Å². The standard InChI is InChI=1S/C13H27NO2/c1-10(2)11(3)8-12(16)14-9-13(4,5)6-7-15/h10-11,15H,6-9H2,1-5H3,(H,14,16). The van der Waals surface area contributed by atoms with Gasteiger partial charge in [-0.05, 0) is 23.7 Å². The van der Waals surface area contributed by atoms with Gasteiger partial charge in [0.1, 0.15) is 0 Å². The van der Waals surface area contributed by atoms with E-state index in [1.165, 1.54) is 0 Å². The molecule has 3 nitrogen and oxygen atoms in total. The first kappa shape index (κ1) is 15.4. The van der Waals surface area contributed by atoms with Crippen molar-refractivity contribution in [1.29, 1.82) is 0 Å². The second kappa shape index (κ2) is 6.89. The molecule has 0 fully saturated rings. The molecular formula is C13H27NO2. The first-order valence-electron chi connectivity index (χ1n) is 6.16. The largest absolute Gasteiger partial charge is 0.396 e. The van der Waals surface area contributed by atoms with E-state index >= 15 is 0 Å². The van der Waals surface area contributed by atoms with Crippen molar-refractivity contribution in [2.75, 3.05) is 13.2 Å². The van der Waals surface area contributed by atoms with Gasteiger partial charge in [-0.15, -0.1) is 0 Å². The molecule has 0 rings (SSSR count). The highest BCUT2D eigenvalue weighted by Gasteiger charge is 2.19. The molecule has 0 spiro atoms. The average molecular weight is 229 g/mol. The summed E-state index contributed by atoms with van der Waals surface area (Å²) in [4.78, 5) is 11.6. The van der Waals surface area contributed by atoms with Crippen molar-refractivity contribution in [1.82, 2.24) is 5.32 Å². The van der Waals surface area contributed by atoms with Crippen LogP contribution in [0.4, 0.5) is 0 Å². The fraction of sp³-hybridized carbons (Fsp3) is 0.923. The lowest BCUT2D eigenvalue weighted by molar-refractivity contribution is -0.122. The van der Waals surface area contributed by atoms with Crippen LogP contribution in [0.15, 0.2) is 0 Å². The summed E-state index contributed by atoms with van der Waals surface area (Å²) in [5.41, 5.74) is -0.0223. The van der Waals surface area contributed by atoms with Crippen LogP contribution in [0.1, 0.15) is 47.5 Å². The minimum Gasteiger partial charge on any atom is -0.396 e. The topological polar surface area (TPSA) is 49.3 Å². The summed E-state index contributed by atoms with van der Waals surface area (Å²) < 4.78 is 0. The molecule has 0 radical (unpaired) electrons. The number of rotatable bonds is 7. The van der Waals surface area contributed by atoms with Gasteiger partial charge in [0, 0.05) is 19.6 Å². The highest BCUT2D eigenvalue weighted by atomic mass is 16.3. The number of hydrogen-bond donors (Lipinski definition) is 2. The van der Waals surface area contributed by atoms with Gasteiger partial charge in [0.15, 0.2) is 0 Å². The van der Waals surface area contributed by atoms with Crippen LogP contribution in [0.2, 0.25) is 0 Å². The van der Waals surface area contributed by atoms with Crippen LogP contribution in [-0.2, 0) is 4.79 Å². The number of aliphatic hydroxyl groups is 1. The molecule has 0 aliphatic heterocycles. The summed E-state index contributed by atoms with van der Waals surface area (Å²) in [5.74, 6) is 1.07. The number of nitrogens with one attached hydrogen (secondary N) is 1. The molecule has 0 aromatic heterocycles. The van der Waals surface area contributed by atoms with E-state index in [9.17, 15) is 4.79 Å². The quantitative estimate of drug-likeness (QED) is 0.703. The molecule has 0 bridgehead atoms. The Morgan fingerprint density at radius 2 is 1.88 bits per heavy atom. The van der Waals surface area contributed by atoms with Gasteiger partial charge in [-0.1, -0.05) is 34.6 Å². The molecule has 3 heteroatoms. The number of carbonyl (C=O) groups excluding carboxylic acids is 1. The Balaban J connectivity index is 3.89. The van der Waals surface area contributed by atoms with Gasteiger partial charge in [-0.25, -0.2) is 0 Å². The molecular weight excluding hydrogens is 202 g/mol. The van der Waals surface area contributed by atoms with Crippen LogP contribution in [0.5, 0.6) is 0 Å². The molecule has 0 aliphatic carbocycles. The van der Waals surface area contributed by atoms with Gasteiger partial charge in [0.25, 0.3) is 0 Å². The molecule has 1 atom stereocenters. The second-order valence-corrected chi connectivity index (χ2v) is 5.84. The minimum atomic E-state index is -0.0223. The van der Waals surface area contributed by atoms with E-state index in [4.69, 9.17) is 5.11 Å². The average Bonchev–Trinajstić information content (AvgIpc) is 2.14. The smallest absolute Gasteiger partial charge is 0.220 e. The summed E-state index contributed by atoms with van der Waals surface area (Å²) in [6.45, 7) is 11.3. The van der Waals surface area contributed by atoms with Gasteiger partial charge >= 0.3 is 0 Å². The zero-order valence-electron chi connectivity index (χ0n) is 11.3. The molecule has 0 heterocycles. The van der Waals surface area contributed by atoms with Gasteiger partial charge in [-0.2, -0.15) is 0 Å². The predicted molar refractivity (Wildman–Crippen MR) is 67.1 cm³/mol. The summed E-state index contributed by atoms with van der Waals surface area (Å²) in [5, 5.41) is 11.8. The third-order valence-electron chi connectivity index (χ3n) is 3.20. The van der Waals surface area contributed by atoms with Gasteiger partial charge in [-0.3, -0.25) is 4.79 Å². The number of hydrogen-bond acceptors (Lipinski definition) is 2. The van der Waals surface area contributed by atoms with Gasteiger partial charge < -0.3 is 10.4 Å². The van der Waals surface area contributed by atoms with Crippen LogP contribution < -0.4 is 5.32 Å². The molecule has 0 aromatic carbocycles. The Bertz CT molecular complexity index is 212. The maximum atomic E-state index is 11.6. The Kier molecular flexibility index (Phi) is 6.65. The van der Waals surface area contributed by atoms with Gasteiger partial charge in [0.05, 0.1) is 0 Å². The molecule has 1 unspecified atom stereocenters. The van der Waals surface area contributed by atoms with E-state index in [0.717, 1.165) is 0 Å². The second-order valence-electron chi connectivity index (χ2n) is 5.84. The normalized spacial score (nSPS) is 13.9. The number of carbonyl (C=O) groups is 1. The van der Waals surface area contributed by atoms with Crippen molar-refractivity contribution in [2.45, 2.75) is 47.5 Å². The number of amides is 1. The summed E-state index contributed by atoms with van der Waals surface area (Å²) in [6.07, 6.45) is 1.31. The van der Waals surface area contributed by atoms with E-state index in [0.29, 0.717) is 31.2 Å². The van der Waals surface area contributed by atoms with Crippen LogP contribution >= 0.6 is 0 Å². The molecule has 96 valence electrons. The van der Waals surface area contributed by atoms with Crippen LogP contribution in [0.3, 0.4) is 0 Å². The predicted octanol–water partition coefficient (Wildman–Crippen LogP) is 2.19. The highest BCUT2D eigenvalue weighted by molar-refractivity contribution is 5.76. The van der Waals surface area contributed by atoms with Crippen molar-refractivity contribution < 1.29 is 9.90 Å². The van der Waals surface area contributed by atoms with E-state index < -0.39 is 0 Å². The van der Waals surface area contributed by atoms with Crippen LogP contribution in [-0.4, -0.2) is 24.2 Å². The number of aliphatic hydroxyl groups excluding tert-OH is 1. The third-order valence-corrected chi connectivity index (χ3v) is 3.20. The van der Waals surface area contributed by atoms with E-state index in [-0.39, 0.29) is 17.9 Å². The lowest BCUT2D eigenvalue weighted by atomic mass is 9.89. The molecule has 0 saturated heterocycles. The lowest BCUT2D eigenvalue weighted by Gasteiger charge is -2.24. The molecule has 0 saturated carbocycles. The zero-order chi connectivity index (χ0) is 12.8. The van der Waals surface area contributed by atoms with Crippen molar-refractivity contribution >= 4 is 5.91 Å². The summed E-state index contributed by atoms with van der Waals surface area (Å²) >= 11 is 0. The minimum absolute atomic E-state index is 0.0223. The van der Waals surface area contributed by atoms with E-state index in [1.54, 1.807) is 0 Å². The lowest BCUT2D eigenvalue weighted by Crippen LogP contribution is -2.35. The molecule has 0 aromatic rings. The fourth-order valence-corrected chi connectivity index (χ4v) is 1.33. The molecule has 16 heavy (non-hydrogen) atoms. The van der Waals surface area contributed by atoms with E-state index in [1.807, 2.05) is 0 Å². The SMILES string of the molecule is CC(C)C(C)CC(=O)NCC(C)(C)CCO. The van der Waals surface area contributed by atoms with Gasteiger partial charge in [0.2, 0.25) is 5.91 Å². The van der Waals surface area contributed by atoms with Crippen molar-refractivity contribution in [2.24, 2.45) is 17.3 Å².